The molecule has 4 heterocycles. The highest BCUT2D eigenvalue weighted by Gasteiger charge is 2.30. The molecule has 1 saturated heterocycles. The van der Waals surface area contributed by atoms with Gasteiger partial charge in [0.1, 0.15) is 17.5 Å². The van der Waals surface area contributed by atoms with E-state index < -0.39 is 6.10 Å². The van der Waals surface area contributed by atoms with Gasteiger partial charge in [0.25, 0.3) is 0 Å². The van der Waals surface area contributed by atoms with Crippen molar-refractivity contribution < 1.29 is 9.90 Å². The molecule has 0 unspecified atom stereocenters. The SMILES string of the molecule is Cl.N#Cc1ccnc(Nc2cc(C3CC3)cc(-c3ccc(N4C[C@@H](O)CC4=O)nc3)n2)c1. The summed E-state index contributed by atoms with van der Waals surface area (Å²) in [5, 5.41) is 22.0. The molecule has 1 atom stereocenters. The van der Waals surface area contributed by atoms with Gasteiger partial charge in [0.15, 0.2) is 0 Å². The Morgan fingerprint density at radius 1 is 1.12 bits per heavy atom. The van der Waals surface area contributed by atoms with Crippen LogP contribution in [0.2, 0.25) is 0 Å². The number of hydrogen-bond acceptors (Lipinski definition) is 7. The van der Waals surface area contributed by atoms with Crippen LogP contribution < -0.4 is 10.2 Å². The van der Waals surface area contributed by atoms with Gasteiger partial charge < -0.3 is 10.4 Å². The summed E-state index contributed by atoms with van der Waals surface area (Å²) in [4.78, 5) is 26.9. The molecule has 5 rings (SSSR count). The zero-order chi connectivity index (χ0) is 21.4. The van der Waals surface area contributed by atoms with Crippen LogP contribution in [0.1, 0.15) is 36.3 Å². The van der Waals surface area contributed by atoms with Crippen molar-refractivity contribution in [2.75, 3.05) is 16.8 Å². The van der Waals surface area contributed by atoms with Gasteiger partial charge in [0.2, 0.25) is 5.91 Å². The van der Waals surface area contributed by atoms with E-state index in [0.29, 0.717) is 28.9 Å². The Morgan fingerprint density at radius 3 is 2.62 bits per heavy atom. The number of nitriles is 1. The number of aliphatic hydroxyl groups is 1. The van der Waals surface area contributed by atoms with Crippen LogP contribution in [0.3, 0.4) is 0 Å². The number of nitrogens with one attached hydrogen (secondary N) is 1. The third kappa shape index (κ3) is 4.54. The van der Waals surface area contributed by atoms with Crippen LogP contribution in [0.15, 0.2) is 48.8 Å². The first-order valence-electron chi connectivity index (χ1n) is 10.2. The minimum atomic E-state index is -0.646. The van der Waals surface area contributed by atoms with E-state index in [1.54, 1.807) is 30.6 Å². The molecular weight excluding hydrogens is 428 g/mol. The molecule has 0 aromatic carbocycles. The number of pyridine rings is 3. The van der Waals surface area contributed by atoms with Crippen LogP contribution in [0, 0.1) is 11.3 Å². The Bertz CT molecular complexity index is 1190. The predicted molar refractivity (Wildman–Crippen MR) is 122 cm³/mol. The van der Waals surface area contributed by atoms with Crippen molar-refractivity contribution in [3.63, 3.8) is 0 Å². The lowest BCUT2D eigenvalue weighted by Crippen LogP contribution is -2.26. The zero-order valence-electron chi connectivity index (χ0n) is 17.1. The van der Waals surface area contributed by atoms with Gasteiger partial charge in [-0.2, -0.15) is 5.26 Å². The fraction of sp³-hybridized carbons (Fsp3) is 0.261. The third-order valence-electron chi connectivity index (χ3n) is 5.47. The van der Waals surface area contributed by atoms with Crippen molar-refractivity contribution in [2.24, 2.45) is 0 Å². The molecular formula is C23H21ClN6O2. The lowest BCUT2D eigenvalue weighted by molar-refractivity contribution is -0.117. The monoisotopic (exact) mass is 448 g/mol. The molecule has 1 aliphatic carbocycles. The summed E-state index contributed by atoms with van der Waals surface area (Å²) < 4.78 is 0. The number of aliphatic hydroxyl groups excluding tert-OH is 1. The smallest absolute Gasteiger partial charge is 0.230 e. The van der Waals surface area contributed by atoms with Crippen LogP contribution in [-0.4, -0.2) is 38.6 Å². The van der Waals surface area contributed by atoms with Crippen LogP contribution in [-0.2, 0) is 4.79 Å². The number of amides is 1. The average molecular weight is 449 g/mol. The minimum absolute atomic E-state index is 0. The second-order valence-electron chi connectivity index (χ2n) is 7.88. The van der Waals surface area contributed by atoms with Crippen LogP contribution in [0.5, 0.6) is 0 Å². The standard InChI is InChI=1S/C23H20N6O2.ClH/c24-11-14-5-6-25-20(7-14)28-21-9-17(15-1-2-15)8-19(27-21)16-3-4-22(26-12-16)29-13-18(30)10-23(29)31;/h3-9,12,15,18,30H,1-2,10,13H2,(H,25,27,28);1H/t18-;/m0./s1. The molecule has 8 nitrogen and oxygen atoms in total. The second-order valence-corrected chi connectivity index (χ2v) is 7.88. The van der Waals surface area contributed by atoms with Crippen molar-refractivity contribution in [1.82, 2.24) is 15.0 Å². The van der Waals surface area contributed by atoms with Gasteiger partial charge in [0, 0.05) is 18.0 Å². The number of carbonyl (C=O) groups excluding carboxylic acids is 1. The number of halogens is 1. The molecule has 0 bridgehead atoms. The van der Waals surface area contributed by atoms with E-state index in [9.17, 15) is 9.90 Å². The van der Waals surface area contributed by atoms with Crippen molar-refractivity contribution in [2.45, 2.75) is 31.3 Å². The van der Waals surface area contributed by atoms with E-state index in [-0.39, 0.29) is 31.3 Å². The molecule has 1 amide bonds. The zero-order valence-corrected chi connectivity index (χ0v) is 17.9. The summed E-state index contributed by atoms with van der Waals surface area (Å²) in [6.45, 7) is 0.267. The van der Waals surface area contributed by atoms with Crippen molar-refractivity contribution >= 4 is 35.8 Å². The Hall–Kier alpha value is -3.54. The summed E-state index contributed by atoms with van der Waals surface area (Å²) in [7, 11) is 0. The van der Waals surface area contributed by atoms with Gasteiger partial charge in [-0.05, 0) is 60.7 Å². The van der Waals surface area contributed by atoms with Gasteiger partial charge in [-0.25, -0.2) is 15.0 Å². The lowest BCUT2D eigenvalue weighted by atomic mass is 10.1. The highest BCUT2D eigenvalue weighted by molar-refractivity contribution is 5.95. The second kappa shape index (κ2) is 8.91. The molecule has 32 heavy (non-hydrogen) atoms. The summed E-state index contributed by atoms with van der Waals surface area (Å²) in [5.41, 5.74) is 3.33. The number of carbonyl (C=O) groups is 1. The first kappa shape index (κ1) is 21.7. The van der Waals surface area contributed by atoms with Gasteiger partial charge in [0.05, 0.1) is 36.4 Å². The van der Waals surface area contributed by atoms with Gasteiger partial charge >= 0.3 is 0 Å². The highest BCUT2D eigenvalue weighted by atomic mass is 35.5. The van der Waals surface area contributed by atoms with Gasteiger partial charge in [-0.15, -0.1) is 12.4 Å². The molecule has 1 saturated carbocycles. The molecule has 9 heteroatoms. The predicted octanol–water partition coefficient (Wildman–Crippen LogP) is 3.55. The highest BCUT2D eigenvalue weighted by Crippen LogP contribution is 2.42. The van der Waals surface area contributed by atoms with Crippen molar-refractivity contribution in [3.05, 3.63) is 59.9 Å². The minimum Gasteiger partial charge on any atom is -0.391 e. The molecule has 1 aliphatic heterocycles. The van der Waals surface area contributed by atoms with E-state index in [2.05, 4.69) is 27.4 Å². The van der Waals surface area contributed by atoms with Crippen LogP contribution >= 0.6 is 12.4 Å². The Labute approximate surface area is 191 Å². The maximum atomic E-state index is 12.0. The molecule has 3 aromatic rings. The number of hydrogen-bond donors (Lipinski definition) is 2. The first-order chi connectivity index (χ1) is 15.1. The topological polar surface area (TPSA) is 115 Å². The van der Waals surface area contributed by atoms with Crippen LogP contribution in [0.25, 0.3) is 11.3 Å². The number of nitrogens with zero attached hydrogens (tertiary/aromatic N) is 5. The normalized spacial score (nSPS) is 17.6. The maximum Gasteiger partial charge on any atom is 0.230 e. The van der Waals surface area contributed by atoms with E-state index >= 15 is 0 Å². The van der Waals surface area contributed by atoms with Crippen LogP contribution in [0.4, 0.5) is 17.5 Å². The van der Waals surface area contributed by atoms with E-state index in [4.69, 9.17) is 10.2 Å². The number of rotatable bonds is 5. The van der Waals surface area contributed by atoms with Crippen molar-refractivity contribution in [1.29, 1.82) is 5.26 Å². The molecule has 0 spiro atoms. The van der Waals surface area contributed by atoms with E-state index in [0.717, 1.165) is 24.1 Å². The largest absolute Gasteiger partial charge is 0.391 e. The molecule has 162 valence electrons. The van der Waals surface area contributed by atoms with E-state index in [1.165, 1.54) is 10.5 Å². The Morgan fingerprint density at radius 2 is 1.97 bits per heavy atom. The summed E-state index contributed by atoms with van der Waals surface area (Å²) in [5.74, 6) is 2.14. The fourth-order valence-electron chi connectivity index (χ4n) is 3.72. The fourth-order valence-corrected chi connectivity index (χ4v) is 3.72. The van der Waals surface area contributed by atoms with Crippen molar-refractivity contribution in [3.8, 4) is 17.3 Å². The number of anilines is 3. The summed E-state index contributed by atoms with van der Waals surface area (Å²) in [6, 6.07) is 13.2. The molecule has 2 N–H and O–H groups in total. The molecule has 2 aliphatic rings. The lowest BCUT2D eigenvalue weighted by Gasteiger charge is -2.15. The quantitative estimate of drug-likeness (QED) is 0.613. The molecule has 0 radical (unpaired) electrons. The first-order valence-corrected chi connectivity index (χ1v) is 10.2. The van der Waals surface area contributed by atoms with Gasteiger partial charge in [-0.1, -0.05) is 0 Å². The average Bonchev–Trinajstić information content (AvgIpc) is 3.58. The Kier molecular flexibility index (Phi) is 6.04. The molecule has 3 aromatic heterocycles. The number of aromatic nitrogens is 3. The van der Waals surface area contributed by atoms with E-state index in [1.807, 2.05) is 12.1 Å². The Balaban J connectivity index is 0.00000245. The number of β-amino-alcohol motifs (C(OH)–C–C–N with tert-alkyl or cyclic N) is 1. The summed E-state index contributed by atoms with van der Waals surface area (Å²) in [6.07, 6.45) is 5.08. The third-order valence-corrected chi connectivity index (χ3v) is 5.47. The summed E-state index contributed by atoms with van der Waals surface area (Å²) >= 11 is 0. The van der Waals surface area contributed by atoms with Gasteiger partial charge in [-0.3, -0.25) is 9.69 Å². The maximum absolute atomic E-state index is 12.0. The molecule has 2 fully saturated rings.